The topological polar surface area (TPSA) is 50.2 Å². The van der Waals surface area contributed by atoms with Crippen LogP contribution in [0.1, 0.15) is 18.2 Å². The van der Waals surface area contributed by atoms with Crippen LogP contribution in [0.2, 0.25) is 0 Å². The van der Waals surface area contributed by atoms with Crippen LogP contribution < -0.4 is 0 Å². The summed E-state index contributed by atoms with van der Waals surface area (Å²) in [7, 11) is 0. The van der Waals surface area contributed by atoms with E-state index in [9.17, 15) is 18.0 Å². The summed E-state index contributed by atoms with van der Waals surface area (Å²) in [6.07, 6.45) is -4.55. The molecule has 3 nitrogen and oxygen atoms in total. The predicted octanol–water partition coefficient (Wildman–Crippen LogP) is 3.31. The number of nitrogens with zero attached hydrogens (tertiary/aromatic N) is 1. The second-order valence-electron chi connectivity index (χ2n) is 3.26. The molecule has 98 valence electrons. The highest BCUT2D eigenvalue weighted by atomic mass is 32.2. The van der Waals surface area contributed by atoms with Crippen LogP contribution in [0.3, 0.4) is 0 Å². The molecule has 1 aromatic heterocycles. The standard InChI is InChI=1S/C11H10F3NO2S/c1-3-18-9-7(6(2)10(16)17)4-5-8(15-9)11(12,13)14/h4-5H,2-3H2,1H3,(H,16,17). The van der Waals surface area contributed by atoms with E-state index >= 15 is 0 Å². The van der Waals surface area contributed by atoms with Gasteiger partial charge in [0, 0.05) is 5.56 Å². The molecule has 1 rings (SSSR count). The Labute approximate surface area is 106 Å². The molecule has 0 atom stereocenters. The first kappa shape index (κ1) is 14.6. The molecule has 0 saturated heterocycles. The molecule has 0 bridgehead atoms. The predicted molar refractivity (Wildman–Crippen MR) is 62.3 cm³/mol. The van der Waals surface area contributed by atoms with Crippen molar-refractivity contribution in [3.05, 3.63) is 30.0 Å². The minimum Gasteiger partial charge on any atom is -0.478 e. The van der Waals surface area contributed by atoms with Crippen molar-refractivity contribution in [2.24, 2.45) is 0 Å². The van der Waals surface area contributed by atoms with Gasteiger partial charge in [0.1, 0.15) is 10.7 Å². The molecule has 0 aliphatic rings. The highest BCUT2D eigenvalue weighted by Crippen LogP contribution is 2.32. The van der Waals surface area contributed by atoms with Crippen molar-refractivity contribution in [3.63, 3.8) is 0 Å². The van der Waals surface area contributed by atoms with Crippen LogP contribution >= 0.6 is 11.8 Å². The molecule has 0 aliphatic carbocycles. The van der Waals surface area contributed by atoms with Gasteiger partial charge in [-0.25, -0.2) is 9.78 Å². The van der Waals surface area contributed by atoms with Crippen molar-refractivity contribution in [1.29, 1.82) is 0 Å². The van der Waals surface area contributed by atoms with Crippen molar-refractivity contribution < 1.29 is 23.1 Å². The molecule has 0 amide bonds. The van der Waals surface area contributed by atoms with E-state index in [1.54, 1.807) is 6.92 Å². The molecule has 1 N–H and O–H groups in total. The number of thioether (sulfide) groups is 1. The number of hydrogen-bond donors (Lipinski definition) is 1. The van der Waals surface area contributed by atoms with E-state index in [1.165, 1.54) is 0 Å². The number of alkyl halides is 3. The Hall–Kier alpha value is -1.50. The number of aliphatic carboxylic acids is 1. The summed E-state index contributed by atoms with van der Waals surface area (Å²) in [5, 5.41) is 8.83. The highest BCUT2D eigenvalue weighted by molar-refractivity contribution is 7.99. The number of rotatable bonds is 4. The van der Waals surface area contributed by atoms with Gasteiger partial charge >= 0.3 is 12.1 Å². The molecule has 0 spiro atoms. The maximum absolute atomic E-state index is 12.5. The SMILES string of the molecule is C=C(C(=O)O)c1ccc(C(F)(F)F)nc1SCC. The summed E-state index contributed by atoms with van der Waals surface area (Å²) < 4.78 is 37.5. The van der Waals surface area contributed by atoms with Gasteiger partial charge in [0.05, 0.1) is 5.57 Å². The van der Waals surface area contributed by atoms with E-state index in [1.807, 2.05) is 0 Å². The van der Waals surface area contributed by atoms with E-state index in [4.69, 9.17) is 5.11 Å². The van der Waals surface area contributed by atoms with Crippen LogP contribution in [-0.4, -0.2) is 21.8 Å². The van der Waals surface area contributed by atoms with Crippen LogP contribution in [-0.2, 0) is 11.0 Å². The summed E-state index contributed by atoms with van der Waals surface area (Å²) in [5.41, 5.74) is -1.20. The summed E-state index contributed by atoms with van der Waals surface area (Å²) in [6, 6.07) is 1.84. The Morgan fingerprint density at radius 2 is 2.11 bits per heavy atom. The number of carboxylic acid groups (broad SMARTS) is 1. The molecule has 1 heterocycles. The molecule has 0 radical (unpaired) electrons. The van der Waals surface area contributed by atoms with E-state index in [-0.39, 0.29) is 16.2 Å². The smallest absolute Gasteiger partial charge is 0.433 e. The Kier molecular flexibility index (Phi) is 4.39. The Morgan fingerprint density at radius 1 is 1.50 bits per heavy atom. The van der Waals surface area contributed by atoms with Gasteiger partial charge in [-0.15, -0.1) is 11.8 Å². The Balaban J connectivity index is 3.29. The minimum atomic E-state index is -4.55. The highest BCUT2D eigenvalue weighted by Gasteiger charge is 2.33. The summed E-state index contributed by atoms with van der Waals surface area (Å²) >= 11 is 1.04. The number of pyridine rings is 1. The lowest BCUT2D eigenvalue weighted by molar-refractivity contribution is -0.141. The molecule has 0 fully saturated rings. The van der Waals surface area contributed by atoms with Crippen molar-refractivity contribution >= 4 is 23.3 Å². The van der Waals surface area contributed by atoms with E-state index < -0.39 is 17.8 Å². The van der Waals surface area contributed by atoms with Gasteiger partial charge in [0.15, 0.2) is 0 Å². The summed E-state index contributed by atoms with van der Waals surface area (Å²) in [5.74, 6) is -0.802. The molecular formula is C11H10F3NO2S. The quantitative estimate of drug-likeness (QED) is 0.677. The number of aromatic nitrogens is 1. The van der Waals surface area contributed by atoms with Gasteiger partial charge in [-0.1, -0.05) is 13.5 Å². The average molecular weight is 277 g/mol. The van der Waals surface area contributed by atoms with Crippen molar-refractivity contribution in [2.75, 3.05) is 5.75 Å². The molecule has 18 heavy (non-hydrogen) atoms. The zero-order valence-electron chi connectivity index (χ0n) is 9.41. The molecular weight excluding hydrogens is 267 g/mol. The van der Waals surface area contributed by atoms with Gasteiger partial charge in [0.2, 0.25) is 0 Å². The number of carboxylic acids is 1. The largest absolute Gasteiger partial charge is 0.478 e. The fraction of sp³-hybridized carbons (Fsp3) is 0.273. The molecule has 0 saturated carbocycles. The van der Waals surface area contributed by atoms with Crippen LogP contribution in [0, 0.1) is 0 Å². The first-order valence-corrected chi connectivity index (χ1v) is 5.89. The fourth-order valence-corrected chi connectivity index (χ4v) is 1.97. The van der Waals surface area contributed by atoms with Gasteiger partial charge in [-0.2, -0.15) is 13.2 Å². The van der Waals surface area contributed by atoms with Crippen LogP contribution in [0.5, 0.6) is 0 Å². The van der Waals surface area contributed by atoms with Crippen LogP contribution in [0.25, 0.3) is 5.57 Å². The fourth-order valence-electron chi connectivity index (χ4n) is 1.19. The molecule has 0 aromatic carbocycles. The number of halogens is 3. The monoisotopic (exact) mass is 277 g/mol. The van der Waals surface area contributed by atoms with Gasteiger partial charge in [0.25, 0.3) is 0 Å². The molecule has 7 heteroatoms. The van der Waals surface area contributed by atoms with E-state index in [0.717, 1.165) is 23.9 Å². The van der Waals surface area contributed by atoms with Gasteiger partial charge < -0.3 is 5.11 Å². The molecule has 0 unspecified atom stereocenters. The maximum atomic E-state index is 12.5. The van der Waals surface area contributed by atoms with Gasteiger partial charge in [-0.3, -0.25) is 0 Å². The lowest BCUT2D eigenvalue weighted by Gasteiger charge is -2.11. The maximum Gasteiger partial charge on any atom is 0.433 e. The lowest BCUT2D eigenvalue weighted by atomic mass is 10.1. The average Bonchev–Trinajstić information content (AvgIpc) is 2.27. The zero-order chi connectivity index (χ0) is 13.9. The number of carbonyl (C=O) groups is 1. The lowest BCUT2D eigenvalue weighted by Crippen LogP contribution is -2.10. The van der Waals surface area contributed by atoms with E-state index in [2.05, 4.69) is 11.6 Å². The van der Waals surface area contributed by atoms with Crippen LogP contribution in [0.15, 0.2) is 23.7 Å². The Morgan fingerprint density at radius 3 is 2.56 bits per heavy atom. The van der Waals surface area contributed by atoms with Crippen molar-refractivity contribution in [3.8, 4) is 0 Å². The minimum absolute atomic E-state index is 0.0275. The first-order chi connectivity index (χ1) is 8.27. The number of hydrogen-bond acceptors (Lipinski definition) is 3. The third kappa shape index (κ3) is 3.25. The normalized spacial score (nSPS) is 11.3. The van der Waals surface area contributed by atoms with Gasteiger partial charge in [-0.05, 0) is 17.9 Å². The third-order valence-electron chi connectivity index (χ3n) is 2.02. The Bertz CT molecular complexity index is 486. The first-order valence-electron chi connectivity index (χ1n) is 4.91. The third-order valence-corrected chi connectivity index (χ3v) is 2.89. The summed E-state index contributed by atoms with van der Waals surface area (Å²) in [6.45, 7) is 5.06. The summed E-state index contributed by atoms with van der Waals surface area (Å²) in [4.78, 5) is 14.2. The second kappa shape index (κ2) is 5.43. The zero-order valence-corrected chi connectivity index (χ0v) is 10.2. The molecule has 1 aromatic rings. The second-order valence-corrected chi connectivity index (χ2v) is 4.52. The van der Waals surface area contributed by atoms with E-state index in [0.29, 0.717) is 5.75 Å². The van der Waals surface area contributed by atoms with Crippen molar-refractivity contribution in [1.82, 2.24) is 4.98 Å². The molecule has 0 aliphatic heterocycles. The van der Waals surface area contributed by atoms with Crippen LogP contribution in [0.4, 0.5) is 13.2 Å². The van der Waals surface area contributed by atoms with Crippen molar-refractivity contribution in [2.45, 2.75) is 18.1 Å².